The van der Waals surface area contributed by atoms with Crippen LogP contribution in [0.3, 0.4) is 0 Å². The number of aromatic nitrogens is 1. The van der Waals surface area contributed by atoms with Gasteiger partial charge in [0.1, 0.15) is 11.5 Å². The number of nitrogens with one attached hydrogen (secondary N) is 2. The SMILES string of the molecule is CC(C)NC(=O)CSc1ccccc1C(=O)Nc1cccc(C(F)(F)F)n1. The molecule has 9 heteroatoms. The van der Waals surface area contributed by atoms with Crippen molar-refractivity contribution in [2.24, 2.45) is 0 Å². The van der Waals surface area contributed by atoms with E-state index in [-0.39, 0.29) is 29.1 Å². The quantitative estimate of drug-likeness (QED) is 0.724. The highest BCUT2D eigenvalue weighted by Gasteiger charge is 2.32. The van der Waals surface area contributed by atoms with Crippen LogP contribution in [0.25, 0.3) is 0 Å². The molecule has 1 aromatic carbocycles. The number of benzene rings is 1. The van der Waals surface area contributed by atoms with Crippen LogP contribution >= 0.6 is 11.8 Å². The molecule has 0 saturated heterocycles. The van der Waals surface area contributed by atoms with E-state index in [9.17, 15) is 22.8 Å². The molecule has 0 bridgehead atoms. The van der Waals surface area contributed by atoms with Gasteiger partial charge in [-0.25, -0.2) is 4.98 Å². The smallest absolute Gasteiger partial charge is 0.353 e. The molecule has 0 saturated carbocycles. The standard InChI is InChI=1S/C18H18F3N3O2S/c1-11(2)22-16(25)10-27-13-7-4-3-6-12(13)17(26)24-15-9-5-8-14(23-15)18(19,20)21/h3-9,11H,10H2,1-2H3,(H,22,25)(H,23,24,26). The third-order valence-electron chi connectivity index (χ3n) is 3.22. The zero-order valence-corrected chi connectivity index (χ0v) is 15.4. The lowest BCUT2D eigenvalue weighted by Gasteiger charge is -2.12. The minimum absolute atomic E-state index is 0.00336. The highest BCUT2D eigenvalue weighted by atomic mass is 32.2. The summed E-state index contributed by atoms with van der Waals surface area (Å²) in [5, 5.41) is 5.11. The summed E-state index contributed by atoms with van der Waals surface area (Å²) in [7, 11) is 0. The van der Waals surface area contributed by atoms with Crippen molar-refractivity contribution in [3.63, 3.8) is 0 Å². The molecule has 2 N–H and O–H groups in total. The fourth-order valence-electron chi connectivity index (χ4n) is 2.13. The maximum atomic E-state index is 12.7. The molecule has 1 aromatic heterocycles. The molecule has 2 rings (SSSR count). The van der Waals surface area contributed by atoms with Crippen molar-refractivity contribution in [2.45, 2.75) is 31.0 Å². The van der Waals surface area contributed by atoms with Crippen LogP contribution in [0.4, 0.5) is 19.0 Å². The van der Waals surface area contributed by atoms with Crippen LogP contribution in [0.15, 0.2) is 47.4 Å². The minimum Gasteiger partial charge on any atom is -0.353 e. The summed E-state index contributed by atoms with van der Waals surface area (Å²) in [5.74, 6) is -0.865. The van der Waals surface area contributed by atoms with Crippen LogP contribution in [0, 0.1) is 0 Å². The largest absolute Gasteiger partial charge is 0.433 e. The maximum Gasteiger partial charge on any atom is 0.433 e. The third kappa shape index (κ3) is 6.28. The average Bonchev–Trinajstić information content (AvgIpc) is 2.59. The highest BCUT2D eigenvalue weighted by molar-refractivity contribution is 8.00. The van der Waals surface area contributed by atoms with Crippen LogP contribution in [-0.2, 0) is 11.0 Å². The summed E-state index contributed by atoms with van der Waals surface area (Å²) in [5.41, 5.74) is -0.840. The minimum atomic E-state index is -4.60. The number of hydrogen-bond acceptors (Lipinski definition) is 4. The maximum absolute atomic E-state index is 12.7. The predicted molar refractivity (Wildman–Crippen MR) is 97.6 cm³/mol. The Hall–Kier alpha value is -2.55. The second-order valence-corrected chi connectivity index (χ2v) is 6.88. The molecule has 0 aliphatic heterocycles. The number of hydrogen-bond donors (Lipinski definition) is 2. The van der Waals surface area contributed by atoms with Gasteiger partial charge in [0.2, 0.25) is 5.91 Å². The summed E-state index contributed by atoms with van der Waals surface area (Å²) in [4.78, 5) is 28.2. The summed E-state index contributed by atoms with van der Waals surface area (Å²) < 4.78 is 38.2. The number of nitrogens with zero attached hydrogens (tertiary/aromatic N) is 1. The molecule has 1 heterocycles. The molecule has 0 unspecified atom stereocenters. The molecular weight excluding hydrogens is 379 g/mol. The van der Waals surface area contributed by atoms with E-state index in [4.69, 9.17) is 0 Å². The van der Waals surface area contributed by atoms with E-state index >= 15 is 0 Å². The Bertz CT molecular complexity index is 825. The highest BCUT2D eigenvalue weighted by Crippen LogP contribution is 2.28. The molecule has 2 amide bonds. The fourth-order valence-corrected chi connectivity index (χ4v) is 2.99. The first-order chi connectivity index (χ1) is 12.7. The van der Waals surface area contributed by atoms with Crippen molar-refractivity contribution in [3.8, 4) is 0 Å². The molecule has 0 fully saturated rings. The molecule has 27 heavy (non-hydrogen) atoms. The summed E-state index contributed by atoms with van der Waals surface area (Å²) in [6.07, 6.45) is -4.60. The van der Waals surface area contributed by atoms with Crippen LogP contribution in [0.2, 0.25) is 0 Å². The number of alkyl halides is 3. The fraction of sp³-hybridized carbons (Fsp3) is 0.278. The third-order valence-corrected chi connectivity index (χ3v) is 4.29. The molecule has 0 aliphatic carbocycles. The Morgan fingerprint density at radius 2 is 1.81 bits per heavy atom. The van der Waals surface area contributed by atoms with Crippen LogP contribution < -0.4 is 10.6 Å². The monoisotopic (exact) mass is 397 g/mol. The lowest BCUT2D eigenvalue weighted by molar-refractivity contribution is -0.141. The summed E-state index contributed by atoms with van der Waals surface area (Å²) >= 11 is 1.17. The topological polar surface area (TPSA) is 71.1 Å². The number of amides is 2. The Kier molecular flexibility index (Phi) is 6.84. The number of anilines is 1. The molecule has 5 nitrogen and oxygen atoms in total. The van der Waals surface area contributed by atoms with Gasteiger partial charge >= 0.3 is 6.18 Å². The van der Waals surface area contributed by atoms with Crippen LogP contribution in [0.1, 0.15) is 29.9 Å². The van der Waals surface area contributed by atoms with Gasteiger partial charge in [0.15, 0.2) is 0 Å². The lowest BCUT2D eigenvalue weighted by atomic mass is 10.2. The van der Waals surface area contributed by atoms with Crippen molar-refractivity contribution in [3.05, 3.63) is 53.7 Å². The first-order valence-corrected chi connectivity index (χ1v) is 9.02. The van der Waals surface area contributed by atoms with Crippen molar-refractivity contribution in [1.29, 1.82) is 0 Å². The van der Waals surface area contributed by atoms with E-state index in [1.165, 1.54) is 30.0 Å². The Morgan fingerprint density at radius 1 is 1.11 bits per heavy atom. The van der Waals surface area contributed by atoms with Gasteiger partial charge in [0.05, 0.1) is 11.3 Å². The molecule has 0 radical (unpaired) electrons. The Morgan fingerprint density at radius 3 is 2.48 bits per heavy atom. The predicted octanol–water partition coefficient (Wildman–Crippen LogP) is 3.97. The molecular formula is C18H18F3N3O2S. The first-order valence-electron chi connectivity index (χ1n) is 8.03. The molecule has 0 atom stereocenters. The van der Waals surface area contributed by atoms with Gasteiger partial charge in [-0.3, -0.25) is 9.59 Å². The van der Waals surface area contributed by atoms with Gasteiger partial charge in [-0.1, -0.05) is 18.2 Å². The van der Waals surface area contributed by atoms with Crippen molar-refractivity contribution >= 4 is 29.4 Å². The van der Waals surface area contributed by atoms with Gasteiger partial charge in [0, 0.05) is 10.9 Å². The van der Waals surface area contributed by atoms with E-state index in [0.717, 1.165) is 6.07 Å². The zero-order chi connectivity index (χ0) is 20.0. The van der Waals surface area contributed by atoms with E-state index in [2.05, 4.69) is 15.6 Å². The average molecular weight is 397 g/mol. The van der Waals surface area contributed by atoms with Gasteiger partial charge in [-0.2, -0.15) is 13.2 Å². The van der Waals surface area contributed by atoms with Crippen molar-refractivity contribution in [1.82, 2.24) is 10.3 Å². The van der Waals surface area contributed by atoms with Crippen molar-refractivity contribution in [2.75, 3.05) is 11.1 Å². The van der Waals surface area contributed by atoms with Gasteiger partial charge in [0.25, 0.3) is 5.91 Å². The van der Waals surface area contributed by atoms with E-state index in [1.807, 2.05) is 13.8 Å². The Labute approximate surface area is 158 Å². The number of rotatable bonds is 6. The van der Waals surface area contributed by atoms with Gasteiger partial charge in [-0.15, -0.1) is 11.8 Å². The number of carbonyl (C=O) groups excluding carboxylic acids is 2. The number of thioether (sulfide) groups is 1. The van der Waals surface area contributed by atoms with E-state index in [1.54, 1.807) is 18.2 Å². The number of pyridine rings is 1. The summed E-state index contributed by atoms with van der Waals surface area (Å²) in [6, 6.07) is 9.82. The van der Waals surface area contributed by atoms with Gasteiger partial charge in [-0.05, 0) is 38.1 Å². The first kappa shape index (κ1) is 20.8. The number of carbonyl (C=O) groups is 2. The van der Waals surface area contributed by atoms with Gasteiger partial charge < -0.3 is 10.6 Å². The van der Waals surface area contributed by atoms with E-state index < -0.39 is 17.8 Å². The normalized spacial score (nSPS) is 11.3. The molecule has 2 aromatic rings. The summed E-state index contributed by atoms with van der Waals surface area (Å²) in [6.45, 7) is 3.68. The molecule has 0 aliphatic rings. The van der Waals surface area contributed by atoms with Crippen molar-refractivity contribution < 1.29 is 22.8 Å². The van der Waals surface area contributed by atoms with Crippen LogP contribution in [0.5, 0.6) is 0 Å². The van der Waals surface area contributed by atoms with Crippen LogP contribution in [-0.4, -0.2) is 28.6 Å². The second kappa shape index (κ2) is 8.90. The lowest BCUT2D eigenvalue weighted by Crippen LogP contribution is -2.31. The second-order valence-electron chi connectivity index (χ2n) is 5.87. The Balaban J connectivity index is 2.12. The zero-order valence-electron chi connectivity index (χ0n) is 14.6. The van der Waals surface area contributed by atoms with E-state index in [0.29, 0.717) is 4.90 Å². The molecule has 144 valence electrons. The molecule has 0 spiro atoms. The number of halogens is 3.